The maximum Gasteiger partial charge on any atom is 0.349 e. The van der Waals surface area contributed by atoms with E-state index in [2.05, 4.69) is 4.94 Å². The predicted molar refractivity (Wildman–Crippen MR) is 55.7 cm³/mol. The van der Waals surface area contributed by atoms with Gasteiger partial charge in [0.1, 0.15) is 0 Å². The second-order valence-corrected chi connectivity index (χ2v) is 3.00. The first-order valence-corrected chi connectivity index (χ1v) is 4.60. The van der Waals surface area contributed by atoms with Crippen LogP contribution in [0.2, 0.25) is 0 Å². The maximum atomic E-state index is 11.4. The van der Waals surface area contributed by atoms with Crippen molar-refractivity contribution in [3.8, 4) is 0 Å². The van der Waals surface area contributed by atoms with E-state index in [-0.39, 0.29) is 12.2 Å². The van der Waals surface area contributed by atoms with E-state index in [1.54, 1.807) is 25.2 Å². The average molecular weight is 214 g/mol. The van der Waals surface area contributed by atoms with Crippen LogP contribution < -0.4 is 0 Å². The van der Waals surface area contributed by atoms with E-state index >= 15 is 0 Å². The van der Waals surface area contributed by atoms with Crippen LogP contribution in [0.25, 0.3) is 0 Å². The normalized spacial score (nSPS) is 13.3. The van der Waals surface area contributed by atoms with Gasteiger partial charge in [-0.1, -0.05) is 18.2 Å². The molecule has 84 valence electrons. The van der Waals surface area contributed by atoms with Crippen LogP contribution in [-0.4, -0.2) is 11.1 Å². The smallest absolute Gasteiger partial charge is 0.349 e. The van der Waals surface area contributed by atoms with E-state index in [0.29, 0.717) is 6.42 Å². The van der Waals surface area contributed by atoms with Gasteiger partial charge >= 0.3 is 5.97 Å². The maximum absolute atomic E-state index is 11.4. The van der Waals surface area contributed by atoms with Crippen LogP contribution in [0.3, 0.4) is 0 Å². The Morgan fingerprint density at radius 2 is 2.07 bits per heavy atom. The highest BCUT2D eigenvalue weighted by molar-refractivity contribution is 5.69. The molecule has 0 spiro atoms. The van der Waals surface area contributed by atoms with Crippen LogP contribution in [0, 0.1) is 0 Å². The fraction of sp³-hybridized carbons (Fsp3) is 0.364. The Bertz CT molecular complexity index is 286. The minimum Gasteiger partial charge on any atom is -0.513 e. The number of allylic oxidation sites excluding steroid dienone is 6. The van der Waals surface area contributed by atoms with Crippen molar-refractivity contribution in [3.05, 3.63) is 35.6 Å². The molecule has 0 saturated carbocycles. The van der Waals surface area contributed by atoms with E-state index in [4.69, 9.17) is 5.11 Å². The van der Waals surface area contributed by atoms with Crippen molar-refractivity contribution in [1.82, 2.24) is 0 Å². The van der Waals surface area contributed by atoms with Crippen molar-refractivity contribution < 1.29 is 19.4 Å². The molecule has 0 bridgehead atoms. The molecule has 15 heavy (non-hydrogen) atoms. The highest BCUT2D eigenvalue weighted by Gasteiger charge is 2.03. The molecule has 0 amide bonds. The molecule has 0 aromatic carbocycles. The molecule has 3 nitrogen and oxygen atoms in total. The Hall–Kier alpha value is -1.58. The first kappa shape index (κ1) is 13.4. The standard InChI is InChI=1S/C11H15FO3/c1-3-4-10(6-5-9(2)13)7-8-11(14)15-12/h3-6,13H,7-8H2,1-2H3/b4-3-,9-5+,10-6+. The Balaban J connectivity index is 4.35. The first-order valence-electron chi connectivity index (χ1n) is 4.60. The van der Waals surface area contributed by atoms with Gasteiger partial charge in [-0.05, 0) is 31.9 Å². The minimum absolute atomic E-state index is 0.0228. The zero-order valence-corrected chi connectivity index (χ0v) is 8.87. The summed E-state index contributed by atoms with van der Waals surface area (Å²) in [5, 5.41) is 8.93. The van der Waals surface area contributed by atoms with Gasteiger partial charge in [-0.3, -0.25) is 4.94 Å². The van der Waals surface area contributed by atoms with E-state index in [0.717, 1.165) is 5.57 Å². The summed E-state index contributed by atoms with van der Waals surface area (Å²) in [5.41, 5.74) is 0.816. The number of aliphatic hydroxyl groups is 1. The number of hydrogen-bond acceptors (Lipinski definition) is 3. The molecule has 0 aliphatic carbocycles. The molecule has 0 aliphatic rings. The van der Waals surface area contributed by atoms with Crippen molar-refractivity contribution in [2.45, 2.75) is 26.7 Å². The van der Waals surface area contributed by atoms with E-state index in [9.17, 15) is 9.32 Å². The second-order valence-electron chi connectivity index (χ2n) is 3.00. The highest BCUT2D eigenvalue weighted by atomic mass is 19.3. The second kappa shape index (κ2) is 7.79. The van der Waals surface area contributed by atoms with Gasteiger partial charge in [0.15, 0.2) is 0 Å². The molecule has 0 heterocycles. The molecule has 0 aliphatic heterocycles. The minimum atomic E-state index is -0.893. The van der Waals surface area contributed by atoms with Crippen LogP contribution >= 0.6 is 0 Å². The van der Waals surface area contributed by atoms with E-state index in [1.165, 1.54) is 6.08 Å². The van der Waals surface area contributed by atoms with E-state index in [1.807, 2.05) is 6.92 Å². The molecule has 4 heteroatoms. The van der Waals surface area contributed by atoms with Gasteiger partial charge in [0.2, 0.25) is 0 Å². The van der Waals surface area contributed by atoms with Crippen LogP contribution in [0.5, 0.6) is 0 Å². The summed E-state index contributed by atoms with van der Waals surface area (Å²) in [6, 6.07) is 0. The lowest BCUT2D eigenvalue weighted by atomic mass is 10.1. The fourth-order valence-electron chi connectivity index (χ4n) is 0.949. The summed E-state index contributed by atoms with van der Waals surface area (Å²) in [7, 11) is 0. The summed E-state index contributed by atoms with van der Waals surface area (Å²) >= 11 is 0. The Morgan fingerprint density at radius 1 is 1.40 bits per heavy atom. The molecule has 1 N–H and O–H groups in total. The third-order valence-corrected chi connectivity index (χ3v) is 1.62. The largest absolute Gasteiger partial charge is 0.513 e. The third-order valence-electron chi connectivity index (χ3n) is 1.62. The van der Waals surface area contributed by atoms with Gasteiger partial charge in [-0.25, -0.2) is 4.79 Å². The van der Waals surface area contributed by atoms with Gasteiger partial charge in [-0.15, -0.1) is 0 Å². The van der Waals surface area contributed by atoms with Crippen LogP contribution in [0.15, 0.2) is 35.6 Å². The Kier molecular flexibility index (Phi) is 6.97. The number of carbonyl (C=O) groups excluding carboxylic acids is 1. The third kappa shape index (κ3) is 7.49. The SMILES string of the molecule is C\C=C/C(=C\C=C(/C)O)CCC(=O)OF. The number of hydrogen-bond donors (Lipinski definition) is 1. The molecule has 0 unspecified atom stereocenters. The lowest BCUT2D eigenvalue weighted by Gasteiger charge is -1.98. The van der Waals surface area contributed by atoms with Gasteiger partial charge < -0.3 is 5.11 Å². The lowest BCUT2D eigenvalue weighted by Crippen LogP contribution is -1.97. The molecular formula is C11H15FO3. The van der Waals surface area contributed by atoms with Crippen LogP contribution in [0.1, 0.15) is 26.7 Å². The fourth-order valence-corrected chi connectivity index (χ4v) is 0.949. The van der Waals surface area contributed by atoms with Gasteiger partial charge in [0.25, 0.3) is 0 Å². The van der Waals surface area contributed by atoms with Crippen molar-refractivity contribution >= 4 is 5.97 Å². The Morgan fingerprint density at radius 3 is 2.53 bits per heavy atom. The predicted octanol–water partition coefficient (Wildman–Crippen LogP) is 3.16. The number of halogens is 1. The van der Waals surface area contributed by atoms with Crippen molar-refractivity contribution in [1.29, 1.82) is 0 Å². The molecule has 0 saturated heterocycles. The van der Waals surface area contributed by atoms with Gasteiger partial charge in [0, 0.05) is 4.53 Å². The molecule has 0 aromatic rings. The number of carbonyl (C=O) groups is 1. The summed E-state index contributed by atoms with van der Waals surface area (Å²) < 4.78 is 11.4. The quantitative estimate of drug-likeness (QED) is 0.564. The topological polar surface area (TPSA) is 46.5 Å². The monoisotopic (exact) mass is 214 g/mol. The number of aliphatic hydroxyl groups excluding tert-OH is 1. The summed E-state index contributed by atoms with van der Waals surface area (Å²) in [4.78, 5) is 13.6. The molecule has 0 atom stereocenters. The van der Waals surface area contributed by atoms with Gasteiger partial charge in [-0.2, -0.15) is 0 Å². The van der Waals surface area contributed by atoms with Crippen LogP contribution in [0.4, 0.5) is 4.53 Å². The molecule has 0 radical (unpaired) electrons. The number of rotatable bonds is 5. The molecule has 0 aromatic heterocycles. The molecule has 0 rings (SSSR count). The van der Waals surface area contributed by atoms with Crippen LogP contribution in [-0.2, 0) is 9.74 Å². The van der Waals surface area contributed by atoms with Crippen molar-refractivity contribution in [3.63, 3.8) is 0 Å². The summed E-state index contributed by atoms with van der Waals surface area (Å²) in [5.74, 6) is -0.722. The summed E-state index contributed by atoms with van der Waals surface area (Å²) in [6.07, 6.45) is 7.11. The summed E-state index contributed by atoms with van der Waals surface area (Å²) in [6.45, 7) is 3.37. The first-order chi connectivity index (χ1) is 7.10. The molecular weight excluding hydrogens is 199 g/mol. The Labute approximate surface area is 88.5 Å². The van der Waals surface area contributed by atoms with Gasteiger partial charge in [0.05, 0.1) is 12.2 Å². The van der Waals surface area contributed by atoms with Crippen molar-refractivity contribution in [2.75, 3.05) is 0 Å². The molecule has 0 fully saturated rings. The lowest BCUT2D eigenvalue weighted by molar-refractivity contribution is -0.183. The van der Waals surface area contributed by atoms with E-state index < -0.39 is 5.97 Å². The van der Waals surface area contributed by atoms with Crippen molar-refractivity contribution in [2.24, 2.45) is 0 Å². The zero-order chi connectivity index (χ0) is 11.7. The zero-order valence-electron chi connectivity index (χ0n) is 8.87. The highest BCUT2D eigenvalue weighted by Crippen LogP contribution is 2.09. The average Bonchev–Trinajstić information content (AvgIpc) is 2.21.